The van der Waals surface area contributed by atoms with Crippen LogP contribution in [-0.2, 0) is 0 Å². The lowest BCUT2D eigenvalue weighted by Crippen LogP contribution is -2.44. The van der Waals surface area contributed by atoms with Crippen LogP contribution in [0.2, 0.25) is 58.9 Å². The lowest BCUT2D eigenvalue weighted by Gasteiger charge is -2.34. The minimum Gasteiger partial charge on any atom is -0.393 e. The molecule has 6 nitrogen and oxygen atoms in total. The molecule has 9 heteroatoms. The Hall–Kier alpha value is -3.73. The molecule has 3 heterocycles. The molecule has 0 unspecified atom stereocenters. The van der Waals surface area contributed by atoms with Crippen LogP contribution in [0.4, 0.5) is 17.1 Å². The summed E-state index contributed by atoms with van der Waals surface area (Å²) in [4.78, 5) is 9.59. The first kappa shape index (κ1) is 45.0. The maximum absolute atomic E-state index is 9.52. The van der Waals surface area contributed by atoms with Gasteiger partial charge in [0.2, 0.25) is 0 Å². The van der Waals surface area contributed by atoms with Crippen molar-refractivity contribution in [3.8, 4) is 34.4 Å². The predicted octanol–water partition coefficient (Wildman–Crippen LogP) is 7.87. The number of rotatable bonds is 3. The Kier molecular flexibility index (Phi) is 17.0. The van der Waals surface area contributed by atoms with Crippen molar-refractivity contribution < 1.29 is 5.11 Å². The van der Waals surface area contributed by atoms with E-state index in [1.807, 2.05) is 0 Å². The predicted molar refractivity (Wildman–Crippen MR) is 252 cm³/mol. The highest BCUT2D eigenvalue weighted by molar-refractivity contribution is 6.84. The van der Waals surface area contributed by atoms with E-state index in [1.54, 1.807) is 0 Å². The van der Waals surface area contributed by atoms with Crippen molar-refractivity contribution in [2.75, 3.05) is 87.2 Å². The van der Waals surface area contributed by atoms with Gasteiger partial charge in [0.25, 0.3) is 0 Å². The lowest BCUT2D eigenvalue weighted by atomic mass is 10.1. The first-order valence-electron chi connectivity index (χ1n) is 20.6. The number of aliphatic hydroxyl groups excluding tert-OH is 1. The van der Waals surface area contributed by atoms with Gasteiger partial charge in [-0.25, -0.2) is 0 Å². The van der Waals surface area contributed by atoms with Crippen molar-refractivity contribution >= 4 is 41.3 Å². The molecular formula is C47H69N5OSi3. The van der Waals surface area contributed by atoms with Crippen molar-refractivity contribution in [1.29, 1.82) is 0 Å². The fraction of sp³-hybridized carbons (Fsp3) is 0.489. The van der Waals surface area contributed by atoms with Crippen molar-refractivity contribution in [2.24, 2.45) is 0 Å². The second kappa shape index (κ2) is 21.1. The van der Waals surface area contributed by atoms with Crippen LogP contribution in [0.1, 0.15) is 29.5 Å². The zero-order valence-electron chi connectivity index (χ0n) is 36.2. The standard InChI is InChI=1S/C16H24N2Si.C16H23NOSi.C15H22N2Si/c1-17-10-12-18(13-11-17)16-7-5-15(6-8-16)9-14-19(2,3)4;1-19(2,3)13-10-14-4-6-15(7-5-14)17-11-8-16(18)9-12-17;1-18(2,3)13-8-14-4-6-15(7-5-14)17-11-9-16-10-12-17/h5-8H,10-13H2,1-4H3;4-7,16,18H,8-9,11-12H2,1-3H3;4-7,16H,9-12H2,1-3H3. The Morgan fingerprint density at radius 1 is 0.464 bits per heavy atom. The molecule has 0 spiro atoms. The second-order valence-electron chi connectivity index (χ2n) is 18.4. The van der Waals surface area contributed by atoms with Crippen molar-refractivity contribution in [3.05, 3.63) is 89.5 Å². The zero-order valence-corrected chi connectivity index (χ0v) is 39.2. The van der Waals surface area contributed by atoms with Gasteiger partial charge in [-0.05, 0) is 92.7 Å². The number of nitrogens with one attached hydrogen (secondary N) is 1. The van der Waals surface area contributed by atoms with E-state index in [1.165, 1.54) is 17.1 Å². The average molecular weight is 804 g/mol. The SMILES string of the molecule is CN1CCN(c2ccc(C#C[Si](C)(C)C)cc2)CC1.C[Si](C)(C)C#Cc1ccc(N2CCC(O)CC2)cc1.C[Si](C)(C)C#Cc1ccc(N2CCNCC2)cc1. The van der Waals surface area contributed by atoms with Crippen LogP contribution in [0.25, 0.3) is 0 Å². The summed E-state index contributed by atoms with van der Waals surface area (Å²) in [5.41, 5.74) is 17.5. The third kappa shape index (κ3) is 17.2. The summed E-state index contributed by atoms with van der Waals surface area (Å²) in [5, 5.41) is 12.9. The molecule has 3 fully saturated rings. The Labute approximate surface area is 344 Å². The highest BCUT2D eigenvalue weighted by Gasteiger charge is 2.17. The smallest absolute Gasteiger partial charge is 0.129 e. The third-order valence-corrected chi connectivity index (χ3v) is 12.2. The highest BCUT2D eigenvalue weighted by Crippen LogP contribution is 2.21. The number of piperidine rings is 1. The second-order valence-corrected chi connectivity index (χ2v) is 32.6. The molecule has 0 amide bonds. The van der Waals surface area contributed by atoms with Gasteiger partial charge in [-0.1, -0.05) is 76.7 Å². The van der Waals surface area contributed by atoms with Gasteiger partial charge in [0.1, 0.15) is 24.2 Å². The first-order valence-corrected chi connectivity index (χ1v) is 31.1. The quantitative estimate of drug-likeness (QED) is 0.208. The molecule has 0 radical (unpaired) electrons. The normalized spacial score (nSPS) is 16.7. The molecule has 0 bridgehead atoms. The van der Waals surface area contributed by atoms with E-state index in [9.17, 15) is 5.11 Å². The fourth-order valence-corrected chi connectivity index (χ4v) is 7.72. The number of anilines is 3. The van der Waals surface area contributed by atoms with Gasteiger partial charge >= 0.3 is 0 Å². The highest BCUT2D eigenvalue weighted by atomic mass is 28.3. The van der Waals surface area contributed by atoms with Gasteiger partial charge in [0, 0.05) is 99.2 Å². The zero-order chi connectivity index (χ0) is 40.8. The minimum atomic E-state index is -1.29. The van der Waals surface area contributed by atoms with E-state index >= 15 is 0 Å². The Balaban J connectivity index is 0.000000187. The number of piperazine rings is 2. The monoisotopic (exact) mass is 803 g/mol. The molecule has 2 N–H and O–H groups in total. The summed E-state index contributed by atoms with van der Waals surface area (Å²) in [6, 6.07) is 25.9. The molecule has 3 aliphatic heterocycles. The molecule has 0 aliphatic carbocycles. The maximum atomic E-state index is 9.52. The maximum Gasteiger partial charge on any atom is 0.129 e. The number of hydrogen-bond acceptors (Lipinski definition) is 6. The van der Waals surface area contributed by atoms with Gasteiger partial charge in [-0.2, -0.15) is 0 Å². The fourth-order valence-electron chi connectivity index (χ4n) is 6.16. The summed E-state index contributed by atoms with van der Waals surface area (Å²) >= 11 is 0. The average Bonchev–Trinajstić information content (AvgIpc) is 3.17. The van der Waals surface area contributed by atoms with Crippen molar-refractivity contribution in [1.82, 2.24) is 10.2 Å². The number of hydrogen-bond donors (Lipinski definition) is 2. The van der Waals surface area contributed by atoms with Crippen molar-refractivity contribution in [3.63, 3.8) is 0 Å². The Morgan fingerprint density at radius 3 is 1.09 bits per heavy atom. The molecule has 56 heavy (non-hydrogen) atoms. The number of nitrogens with zero attached hydrogens (tertiary/aromatic N) is 4. The van der Waals surface area contributed by atoms with Gasteiger partial charge in [0.05, 0.1) is 6.10 Å². The third-order valence-electron chi connectivity index (χ3n) is 9.53. The van der Waals surface area contributed by atoms with Gasteiger partial charge in [-0.3, -0.25) is 0 Å². The Bertz CT molecular complexity index is 1730. The molecule has 0 saturated carbocycles. The molecule has 3 aliphatic rings. The molecule has 0 aromatic heterocycles. The van der Waals surface area contributed by atoms with E-state index in [4.69, 9.17) is 0 Å². The molecular weight excluding hydrogens is 735 g/mol. The number of benzene rings is 3. The van der Waals surface area contributed by atoms with E-state index in [0.717, 1.165) is 95.0 Å². The molecule has 3 saturated heterocycles. The Morgan fingerprint density at radius 2 is 0.768 bits per heavy atom. The molecule has 300 valence electrons. The van der Waals surface area contributed by atoms with Crippen LogP contribution >= 0.6 is 0 Å². The van der Waals surface area contributed by atoms with Crippen LogP contribution in [-0.4, -0.2) is 113 Å². The molecule has 6 rings (SSSR count). The molecule has 3 aromatic carbocycles. The van der Waals surface area contributed by atoms with E-state index < -0.39 is 24.2 Å². The molecule has 3 aromatic rings. The van der Waals surface area contributed by atoms with Crippen LogP contribution in [0, 0.1) is 34.4 Å². The van der Waals surface area contributed by atoms with Crippen LogP contribution in [0.3, 0.4) is 0 Å². The van der Waals surface area contributed by atoms with Crippen LogP contribution in [0.15, 0.2) is 72.8 Å². The summed E-state index contributed by atoms with van der Waals surface area (Å²) in [6.45, 7) is 31.2. The number of aliphatic hydroxyl groups is 1. The topological polar surface area (TPSA) is 45.2 Å². The lowest BCUT2D eigenvalue weighted by molar-refractivity contribution is 0.145. The van der Waals surface area contributed by atoms with Crippen LogP contribution < -0.4 is 20.0 Å². The summed E-state index contributed by atoms with van der Waals surface area (Å²) in [5.74, 6) is 9.88. The van der Waals surface area contributed by atoms with Gasteiger partial charge < -0.3 is 30.0 Å². The van der Waals surface area contributed by atoms with Crippen molar-refractivity contribution in [2.45, 2.75) is 77.9 Å². The summed E-state index contributed by atoms with van der Waals surface area (Å²) < 4.78 is 0. The van der Waals surface area contributed by atoms with Crippen LogP contribution in [0.5, 0.6) is 0 Å². The van der Waals surface area contributed by atoms with Gasteiger partial charge in [-0.15, -0.1) is 16.6 Å². The van der Waals surface area contributed by atoms with E-state index in [0.29, 0.717) is 0 Å². The largest absolute Gasteiger partial charge is 0.393 e. The number of likely N-dealkylation sites (N-methyl/N-ethyl adjacent to an activating group) is 1. The summed E-state index contributed by atoms with van der Waals surface area (Å²) in [7, 11) is -1.64. The van der Waals surface area contributed by atoms with Gasteiger partial charge in [0.15, 0.2) is 0 Å². The van der Waals surface area contributed by atoms with E-state index in [-0.39, 0.29) is 6.10 Å². The molecule has 0 atom stereocenters. The minimum absolute atomic E-state index is 0.113. The first-order chi connectivity index (χ1) is 26.4. The summed E-state index contributed by atoms with van der Waals surface area (Å²) in [6.07, 6.45) is 1.63. The van der Waals surface area contributed by atoms with E-state index in [2.05, 4.69) is 198 Å².